The zero-order chi connectivity index (χ0) is 12.8. The van der Waals surface area contributed by atoms with Gasteiger partial charge in [-0.05, 0) is 42.9 Å². The van der Waals surface area contributed by atoms with Crippen molar-refractivity contribution in [2.24, 2.45) is 11.8 Å². The minimum atomic E-state index is 0.287. The molecule has 1 rings (SSSR count). The molecular formula is C15H26N2. The molecule has 1 atom stereocenters. The van der Waals surface area contributed by atoms with Crippen LogP contribution in [0.1, 0.15) is 55.8 Å². The number of hydrogen-bond donors (Lipinski definition) is 2. The number of nitrogens with two attached hydrogens (primary N) is 1. The Morgan fingerprint density at radius 1 is 1.12 bits per heavy atom. The van der Waals surface area contributed by atoms with Crippen LogP contribution in [0.5, 0.6) is 0 Å². The first-order chi connectivity index (χ1) is 8.06. The van der Waals surface area contributed by atoms with Crippen LogP contribution in [0, 0.1) is 19.8 Å². The van der Waals surface area contributed by atoms with E-state index in [4.69, 9.17) is 5.84 Å². The van der Waals surface area contributed by atoms with E-state index in [9.17, 15) is 0 Å². The molecule has 0 saturated carbocycles. The third kappa shape index (κ3) is 4.14. The summed E-state index contributed by atoms with van der Waals surface area (Å²) in [7, 11) is 0. The van der Waals surface area contributed by atoms with Crippen LogP contribution in [0.15, 0.2) is 18.2 Å². The van der Waals surface area contributed by atoms with E-state index in [0.29, 0.717) is 0 Å². The average Bonchev–Trinajstić information content (AvgIpc) is 2.26. The Kier molecular flexibility index (Phi) is 5.66. The van der Waals surface area contributed by atoms with E-state index in [-0.39, 0.29) is 6.04 Å². The van der Waals surface area contributed by atoms with E-state index in [2.05, 4.69) is 51.3 Å². The molecule has 0 spiro atoms. The quantitative estimate of drug-likeness (QED) is 0.582. The standard InChI is InChI=1S/C15H26N2/c1-11(2)7-5-10-14(17-16)15-12(3)8-6-9-13(15)4/h6,8-9,11,14,17H,5,7,10,16H2,1-4H3. The Morgan fingerprint density at radius 2 is 1.71 bits per heavy atom. The summed E-state index contributed by atoms with van der Waals surface area (Å²) in [4.78, 5) is 0. The minimum Gasteiger partial charge on any atom is -0.271 e. The molecular weight excluding hydrogens is 208 g/mol. The number of hydrogen-bond acceptors (Lipinski definition) is 2. The van der Waals surface area contributed by atoms with Crippen molar-refractivity contribution in [1.82, 2.24) is 5.43 Å². The maximum absolute atomic E-state index is 5.71. The maximum atomic E-state index is 5.71. The van der Waals surface area contributed by atoms with E-state index in [1.807, 2.05) is 0 Å². The summed E-state index contributed by atoms with van der Waals surface area (Å²) in [6, 6.07) is 6.72. The van der Waals surface area contributed by atoms with E-state index < -0.39 is 0 Å². The molecule has 1 aromatic rings. The molecule has 96 valence electrons. The van der Waals surface area contributed by atoms with Crippen LogP contribution < -0.4 is 11.3 Å². The predicted octanol–water partition coefficient (Wildman–Crippen LogP) is 3.63. The monoisotopic (exact) mass is 234 g/mol. The summed E-state index contributed by atoms with van der Waals surface area (Å²) < 4.78 is 0. The summed E-state index contributed by atoms with van der Waals surface area (Å²) in [5, 5.41) is 0. The van der Waals surface area contributed by atoms with E-state index in [1.165, 1.54) is 29.5 Å². The van der Waals surface area contributed by atoms with Crippen molar-refractivity contribution in [2.75, 3.05) is 0 Å². The molecule has 0 aliphatic rings. The molecule has 0 radical (unpaired) electrons. The fourth-order valence-corrected chi connectivity index (χ4v) is 2.42. The molecule has 0 saturated heterocycles. The lowest BCUT2D eigenvalue weighted by Crippen LogP contribution is -2.29. The smallest absolute Gasteiger partial charge is 0.0465 e. The predicted molar refractivity (Wildman–Crippen MR) is 74.7 cm³/mol. The van der Waals surface area contributed by atoms with Crippen molar-refractivity contribution in [3.8, 4) is 0 Å². The Bertz CT molecular complexity index is 325. The van der Waals surface area contributed by atoms with Gasteiger partial charge in [-0.1, -0.05) is 44.9 Å². The fourth-order valence-electron chi connectivity index (χ4n) is 2.42. The van der Waals surface area contributed by atoms with Gasteiger partial charge in [-0.2, -0.15) is 0 Å². The Morgan fingerprint density at radius 3 is 2.18 bits per heavy atom. The maximum Gasteiger partial charge on any atom is 0.0465 e. The van der Waals surface area contributed by atoms with Gasteiger partial charge in [0.25, 0.3) is 0 Å². The van der Waals surface area contributed by atoms with Crippen LogP contribution >= 0.6 is 0 Å². The van der Waals surface area contributed by atoms with Crippen LogP contribution in [0.2, 0.25) is 0 Å². The SMILES string of the molecule is Cc1cccc(C)c1C(CCCC(C)C)NN. The highest BCUT2D eigenvalue weighted by molar-refractivity contribution is 5.36. The minimum absolute atomic E-state index is 0.287. The third-order valence-electron chi connectivity index (χ3n) is 3.37. The molecule has 2 nitrogen and oxygen atoms in total. The second kappa shape index (κ2) is 6.77. The molecule has 0 aliphatic carbocycles. The third-order valence-corrected chi connectivity index (χ3v) is 3.37. The van der Waals surface area contributed by atoms with Gasteiger partial charge in [-0.25, -0.2) is 0 Å². The van der Waals surface area contributed by atoms with Crippen LogP contribution in [0.25, 0.3) is 0 Å². The average molecular weight is 234 g/mol. The molecule has 17 heavy (non-hydrogen) atoms. The Hall–Kier alpha value is -0.860. The van der Waals surface area contributed by atoms with E-state index in [1.54, 1.807) is 0 Å². The van der Waals surface area contributed by atoms with Crippen LogP contribution in [-0.2, 0) is 0 Å². The van der Waals surface area contributed by atoms with Gasteiger partial charge in [0.1, 0.15) is 0 Å². The molecule has 1 aromatic carbocycles. The first kappa shape index (κ1) is 14.2. The van der Waals surface area contributed by atoms with Gasteiger partial charge in [0.05, 0.1) is 0 Å². The summed E-state index contributed by atoms with van der Waals surface area (Å²) in [5.41, 5.74) is 7.01. The van der Waals surface area contributed by atoms with Gasteiger partial charge < -0.3 is 0 Å². The normalized spacial score (nSPS) is 13.1. The van der Waals surface area contributed by atoms with E-state index >= 15 is 0 Å². The van der Waals surface area contributed by atoms with Gasteiger partial charge in [-0.15, -0.1) is 0 Å². The van der Waals surface area contributed by atoms with Gasteiger partial charge in [0, 0.05) is 6.04 Å². The molecule has 1 unspecified atom stereocenters. The number of hydrazine groups is 1. The largest absolute Gasteiger partial charge is 0.271 e. The molecule has 3 N–H and O–H groups in total. The van der Waals surface area contributed by atoms with Gasteiger partial charge in [-0.3, -0.25) is 11.3 Å². The summed E-state index contributed by atoms with van der Waals surface area (Å²) >= 11 is 0. The highest BCUT2D eigenvalue weighted by Crippen LogP contribution is 2.26. The second-order valence-electron chi connectivity index (χ2n) is 5.35. The molecule has 0 heterocycles. The lowest BCUT2D eigenvalue weighted by atomic mass is 9.92. The lowest BCUT2D eigenvalue weighted by molar-refractivity contribution is 0.453. The molecule has 0 fully saturated rings. The van der Waals surface area contributed by atoms with Crippen molar-refractivity contribution in [3.63, 3.8) is 0 Å². The van der Waals surface area contributed by atoms with Gasteiger partial charge >= 0.3 is 0 Å². The molecule has 0 aromatic heterocycles. The van der Waals surface area contributed by atoms with Crippen molar-refractivity contribution in [2.45, 2.75) is 53.0 Å². The zero-order valence-electron chi connectivity index (χ0n) is 11.6. The Balaban J connectivity index is 2.72. The van der Waals surface area contributed by atoms with Crippen molar-refractivity contribution in [3.05, 3.63) is 34.9 Å². The van der Waals surface area contributed by atoms with Crippen molar-refractivity contribution < 1.29 is 0 Å². The van der Waals surface area contributed by atoms with Crippen LogP contribution in [0.3, 0.4) is 0 Å². The van der Waals surface area contributed by atoms with Crippen molar-refractivity contribution in [1.29, 1.82) is 0 Å². The van der Waals surface area contributed by atoms with Crippen LogP contribution in [0.4, 0.5) is 0 Å². The first-order valence-corrected chi connectivity index (χ1v) is 6.58. The zero-order valence-corrected chi connectivity index (χ0v) is 11.6. The number of nitrogens with one attached hydrogen (secondary N) is 1. The van der Waals surface area contributed by atoms with E-state index in [0.717, 1.165) is 12.3 Å². The number of aryl methyl sites for hydroxylation is 2. The second-order valence-corrected chi connectivity index (χ2v) is 5.35. The highest BCUT2D eigenvalue weighted by atomic mass is 15.2. The van der Waals surface area contributed by atoms with Gasteiger partial charge in [0.15, 0.2) is 0 Å². The lowest BCUT2D eigenvalue weighted by Gasteiger charge is -2.21. The number of benzene rings is 1. The summed E-state index contributed by atoms with van der Waals surface area (Å²) in [5.74, 6) is 6.48. The number of rotatable bonds is 6. The van der Waals surface area contributed by atoms with Gasteiger partial charge in [0.2, 0.25) is 0 Å². The topological polar surface area (TPSA) is 38.0 Å². The summed E-state index contributed by atoms with van der Waals surface area (Å²) in [6.07, 6.45) is 3.60. The molecule has 2 heteroatoms. The molecule has 0 amide bonds. The fraction of sp³-hybridized carbons (Fsp3) is 0.600. The Labute approximate surface area is 106 Å². The van der Waals surface area contributed by atoms with Crippen LogP contribution in [-0.4, -0.2) is 0 Å². The molecule has 0 aliphatic heterocycles. The summed E-state index contributed by atoms with van der Waals surface area (Å²) in [6.45, 7) is 8.86. The van der Waals surface area contributed by atoms with Crippen molar-refractivity contribution >= 4 is 0 Å². The molecule has 0 bridgehead atoms. The first-order valence-electron chi connectivity index (χ1n) is 6.58. The highest BCUT2D eigenvalue weighted by Gasteiger charge is 2.14.